The number of aromatic hydroxyl groups is 1. The largest absolute Gasteiger partial charge is 0.507 e. The van der Waals surface area contributed by atoms with Gasteiger partial charge in [-0.2, -0.15) is 0 Å². The highest BCUT2D eigenvalue weighted by atomic mass is 35.5. The van der Waals surface area contributed by atoms with Crippen LogP contribution in [0, 0.1) is 0 Å². The van der Waals surface area contributed by atoms with Crippen molar-refractivity contribution < 1.29 is 9.84 Å². The third kappa shape index (κ3) is 1.96. The van der Waals surface area contributed by atoms with Gasteiger partial charge in [-0.3, -0.25) is 0 Å². The zero-order valence-corrected chi connectivity index (χ0v) is 12.0. The number of hydrogen-bond acceptors (Lipinski definition) is 5. The van der Waals surface area contributed by atoms with Crippen LogP contribution in [0.4, 0.5) is 5.82 Å². The molecule has 2 aliphatic heterocycles. The van der Waals surface area contributed by atoms with Gasteiger partial charge in [0.05, 0.1) is 12.2 Å². The maximum absolute atomic E-state index is 10.1. The maximum atomic E-state index is 10.1. The van der Waals surface area contributed by atoms with Crippen LogP contribution < -0.4 is 5.73 Å². The zero-order valence-electron chi connectivity index (χ0n) is 11.2. The zero-order chi connectivity index (χ0) is 14.6. The first-order chi connectivity index (χ1) is 10.1. The summed E-state index contributed by atoms with van der Waals surface area (Å²) in [7, 11) is 0. The van der Waals surface area contributed by atoms with E-state index in [-0.39, 0.29) is 18.0 Å². The van der Waals surface area contributed by atoms with E-state index in [1.54, 1.807) is 12.1 Å². The number of halogens is 1. The van der Waals surface area contributed by atoms with Gasteiger partial charge in [-0.1, -0.05) is 11.6 Å². The highest BCUT2D eigenvalue weighted by molar-refractivity contribution is 6.30. The van der Waals surface area contributed by atoms with Gasteiger partial charge < -0.3 is 15.6 Å². The molecule has 0 saturated carbocycles. The number of phenols is 1. The second-order valence-electron chi connectivity index (χ2n) is 5.52. The van der Waals surface area contributed by atoms with Crippen LogP contribution in [-0.4, -0.2) is 21.4 Å². The molecule has 1 aromatic heterocycles. The highest BCUT2D eigenvalue weighted by Gasteiger charge is 2.37. The monoisotopic (exact) mass is 303 g/mol. The summed E-state index contributed by atoms with van der Waals surface area (Å²) in [6.07, 6.45) is 2.94. The molecular weight excluding hydrogens is 290 g/mol. The minimum absolute atomic E-state index is 0.00226. The fraction of sp³-hybridized carbons (Fsp3) is 0.333. The standard InChI is InChI=1S/C15H14ClN3O2/c16-7-1-3-9(11(20)5-7)14-10-6-8-2-4-12(21-8)13(10)15(17)19-18-14/h1,3,5,8,12,20H,2,4,6H2,(H2,17,19)/t8-,12+/m0/s1. The van der Waals surface area contributed by atoms with Crippen molar-refractivity contribution in [2.45, 2.75) is 31.5 Å². The Hall–Kier alpha value is -1.85. The summed E-state index contributed by atoms with van der Waals surface area (Å²) in [6, 6.07) is 5.00. The van der Waals surface area contributed by atoms with E-state index in [4.69, 9.17) is 22.1 Å². The van der Waals surface area contributed by atoms with Crippen molar-refractivity contribution in [3.05, 3.63) is 34.3 Å². The number of nitrogen functional groups attached to an aromatic ring is 1. The van der Waals surface area contributed by atoms with Crippen LogP contribution in [0.25, 0.3) is 11.3 Å². The van der Waals surface area contributed by atoms with E-state index in [1.807, 2.05) is 0 Å². The Bertz CT molecular complexity index is 735. The number of anilines is 1. The minimum atomic E-state index is 0.00226. The average molecular weight is 304 g/mol. The molecule has 6 heteroatoms. The van der Waals surface area contributed by atoms with Gasteiger partial charge in [0.1, 0.15) is 11.4 Å². The van der Waals surface area contributed by atoms with Crippen molar-refractivity contribution in [1.82, 2.24) is 10.2 Å². The molecule has 2 atom stereocenters. The number of rotatable bonds is 1. The molecule has 3 heterocycles. The van der Waals surface area contributed by atoms with E-state index in [2.05, 4.69) is 10.2 Å². The fourth-order valence-corrected chi connectivity index (χ4v) is 3.45. The molecule has 0 spiro atoms. The molecule has 21 heavy (non-hydrogen) atoms. The first-order valence-electron chi connectivity index (χ1n) is 6.92. The number of fused-ring (bicyclic) bond motifs is 4. The van der Waals surface area contributed by atoms with Crippen LogP contribution in [0.3, 0.4) is 0 Å². The Labute approximate surface area is 126 Å². The number of nitrogens with two attached hydrogens (primary N) is 1. The van der Waals surface area contributed by atoms with E-state index in [0.29, 0.717) is 22.1 Å². The van der Waals surface area contributed by atoms with Gasteiger partial charge in [-0.25, -0.2) is 0 Å². The van der Waals surface area contributed by atoms with E-state index < -0.39 is 0 Å². The van der Waals surface area contributed by atoms with Gasteiger partial charge in [-0.05, 0) is 36.6 Å². The SMILES string of the molecule is Nc1nnc(-c2ccc(Cl)cc2O)c2c1[C@H]1CC[C@@H](C2)O1. The Balaban J connectivity index is 1.93. The van der Waals surface area contributed by atoms with Gasteiger partial charge in [-0.15, -0.1) is 10.2 Å². The second-order valence-corrected chi connectivity index (χ2v) is 5.95. The van der Waals surface area contributed by atoms with Gasteiger partial charge in [0.25, 0.3) is 0 Å². The lowest BCUT2D eigenvalue weighted by molar-refractivity contribution is 0.0326. The Morgan fingerprint density at radius 1 is 1.29 bits per heavy atom. The Morgan fingerprint density at radius 2 is 2.14 bits per heavy atom. The number of ether oxygens (including phenoxy) is 1. The minimum Gasteiger partial charge on any atom is -0.507 e. The predicted molar refractivity (Wildman–Crippen MR) is 79.1 cm³/mol. The third-order valence-corrected chi connectivity index (χ3v) is 4.46. The van der Waals surface area contributed by atoms with Gasteiger partial charge >= 0.3 is 0 Å². The van der Waals surface area contributed by atoms with Crippen molar-refractivity contribution in [2.24, 2.45) is 0 Å². The summed E-state index contributed by atoms with van der Waals surface area (Å²) in [5, 5.41) is 18.9. The lowest BCUT2D eigenvalue weighted by Gasteiger charge is -2.26. The summed E-state index contributed by atoms with van der Waals surface area (Å²) >= 11 is 5.89. The molecule has 0 amide bonds. The third-order valence-electron chi connectivity index (χ3n) is 4.22. The fourth-order valence-electron chi connectivity index (χ4n) is 3.28. The van der Waals surface area contributed by atoms with Crippen LogP contribution in [0.5, 0.6) is 5.75 Å². The first kappa shape index (κ1) is 12.9. The summed E-state index contributed by atoms with van der Waals surface area (Å²) < 4.78 is 5.91. The lowest BCUT2D eigenvalue weighted by Crippen LogP contribution is -2.21. The molecule has 108 valence electrons. The molecule has 5 nitrogen and oxygen atoms in total. The number of phenolic OH excluding ortho intramolecular Hbond substituents is 1. The second kappa shape index (κ2) is 4.58. The first-order valence-corrected chi connectivity index (χ1v) is 7.30. The summed E-state index contributed by atoms with van der Waals surface area (Å²) in [5.41, 5.74) is 9.28. The quantitative estimate of drug-likeness (QED) is 0.846. The molecule has 0 unspecified atom stereocenters. The number of benzene rings is 1. The van der Waals surface area contributed by atoms with E-state index in [9.17, 15) is 5.11 Å². The Kier molecular flexibility index (Phi) is 2.80. The van der Waals surface area contributed by atoms with E-state index >= 15 is 0 Å². The van der Waals surface area contributed by atoms with Crippen LogP contribution >= 0.6 is 11.6 Å². The number of nitrogens with zero attached hydrogens (tertiary/aromatic N) is 2. The van der Waals surface area contributed by atoms with Crippen molar-refractivity contribution in [3.8, 4) is 17.0 Å². The molecule has 3 N–H and O–H groups in total. The Morgan fingerprint density at radius 3 is 2.95 bits per heavy atom. The molecule has 1 saturated heterocycles. The predicted octanol–water partition coefficient (Wildman–Crippen LogP) is 2.86. The average Bonchev–Trinajstić information content (AvgIpc) is 2.82. The number of aromatic nitrogens is 2. The molecule has 4 rings (SSSR count). The summed E-state index contributed by atoms with van der Waals surface area (Å²) in [4.78, 5) is 0. The van der Waals surface area contributed by atoms with Crippen molar-refractivity contribution in [1.29, 1.82) is 0 Å². The topological polar surface area (TPSA) is 81.3 Å². The smallest absolute Gasteiger partial charge is 0.152 e. The van der Waals surface area contributed by atoms with Crippen molar-refractivity contribution in [2.75, 3.05) is 5.73 Å². The molecule has 0 aliphatic carbocycles. The molecular formula is C15H14ClN3O2. The van der Waals surface area contributed by atoms with Crippen LogP contribution in [0.15, 0.2) is 18.2 Å². The number of hydrogen-bond donors (Lipinski definition) is 2. The van der Waals surface area contributed by atoms with Crippen molar-refractivity contribution >= 4 is 17.4 Å². The van der Waals surface area contributed by atoms with Gasteiger partial charge in [0.2, 0.25) is 0 Å². The van der Waals surface area contributed by atoms with Gasteiger partial charge in [0.15, 0.2) is 5.82 Å². The van der Waals surface area contributed by atoms with Crippen molar-refractivity contribution in [3.63, 3.8) is 0 Å². The lowest BCUT2D eigenvalue weighted by atomic mass is 9.94. The molecule has 0 radical (unpaired) electrons. The summed E-state index contributed by atoms with van der Waals surface area (Å²) in [6.45, 7) is 0. The van der Waals surface area contributed by atoms with Crippen LogP contribution in [-0.2, 0) is 11.2 Å². The van der Waals surface area contributed by atoms with E-state index in [1.165, 1.54) is 6.07 Å². The van der Waals surface area contributed by atoms with E-state index in [0.717, 1.165) is 30.4 Å². The molecule has 1 aromatic carbocycles. The van der Waals surface area contributed by atoms with Crippen LogP contribution in [0.1, 0.15) is 30.1 Å². The normalized spacial score (nSPS) is 23.1. The van der Waals surface area contributed by atoms with Crippen LogP contribution in [0.2, 0.25) is 5.02 Å². The maximum Gasteiger partial charge on any atom is 0.152 e. The molecule has 1 fully saturated rings. The molecule has 2 aromatic rings. The summed E-state index contributed by atoms with van der Waals surface area (Å²) in [5.74, 6) is 0.523. The molecule has 2 aliphatic rings. The van der Waals surface area contributed by atoms with Gasteiger partial charge in [0, 0.05) is 22.6 Å². The molecule has 2 bridgehead atoms. The highest BCUT2D eigenvalue weighted by Crippen LogP contribution is 2.46.